The number of anilines is 1. The molecular weight excluding hydrogens is 362 g/mol. The van der Waals surface area contributed by atoms with Crippen LogP contribution in [0.25, 0.3) is 0 Å². The molecule has 0 bridgehead atoms. The first-order valence-corrected chi connectivity index (χ1v) is 10.3. The molecule has 28 heavy (non-hydrogen) atoms. The van der Waals surface area contributed by atoms with Gasteiger partial charge < -0.3 is 10.0 Å². The van der Waals surface area contributed by atoms with E-state index in [-0.39, 0.29) is 0 Å². The molecule has 3 heteroatoms. The van der Waals surface area contributed by atoms with Crippen molar-refractivity contribution < 1.29 is 5.11 Å². The molecule has 1 heterocycles. The minimum Gasteiger partial charge on any atom is -0.378 e. The molecule has 0 aromatic heterocycles. The molecule has 4 rings (SSSR count). The molecule has 0 amide bonds. The van der Waals surface area contributed by atoms with E-state index in [9.17, 15) is 5.11 Å². The first-order chi connectivity index (χ1) is 13.6. The molecule has 0 saturated heterocycles. The van der Waals surface area contributed by atoms with Gasteiger partial charge in [0.1, 0.15) is 0 Å². The maximum atomic E-state index is 11.6. The standard InChI is InChI=1S/C23H19NOS.C2H6/c1-24(2)18-13-11-17(12-14-18)15-16-23(25)19-7-3-5-9-21(19)26-22-10-6-4-8-20(22)23;1-2/h3-14,25H,1-2H3;1-2H3. The number of nitrogens with zero attached hydrogens (tertiary/aromatic N) is 1. The fourth-order valence-corrected chi connectivity index (χ4v) is 4.29. The van der Waals surface area contributed by atoms with Crippen molar-refractivity contribution in [1.82, 2.24) is 0 Å². The number of fused-ring (bicyclic) bond motifs is 2. The monoisotopic (exact) mass is 387 g/mol. The highest BCUT2D eigenvalue weighted by Crippen LogP contribution is 2.47. The van der Waals surface area contributed by atoms with Crippen molar-refractivity contribution in [1.29, 1.82) is 0 Å². The molecule has 1 aliphatic rings. The minimum atomic E-state index is -1.31. The van der Waals surface area contributed by atoms with Crippen LogP contribution in [0.5, 0.6) is 0 Å². The molecular formula is C25H25NOS. The third-order valence-electron chi connectivity index (χ3n) is 4.55. The molecule has 3 aromatic carbocycles. The molecule has 1 aliphatic heterocycles. The normalized spacial score (nSPS) is 13.0. The Morgan fingerprint density at radius 1 is 0.786 bits per heavy atom. The highest BCUT2D eigenvalue weighted by Gasteiger charge is 2.37. The van der Waals surface area contributed by atoms with E-state index in [1.54, 1.807) is 11.8 Å². The summed E-state index contributed by atoms with van der Waals surface area (Å²) in [5.41, 5.74) is 2.40. The van der Waals surface area contributed by atoms with Gasteiger partial charge in [-0.05, 0) is 36.4 Å². The topological polar surface area (TPSA) is 23.5 Å². The average molecular weight is 388 g/mol. The van der Waals surface area contributed by atoms with Gasteiger partial charge in [-0.25, -0.2) is 0 Å². The van der Waals surface area contributed by atoms with Crippen molar-refractivity contribution in [3.05, 3.63) is 89.5 Å². The van der Waals surface area contributed by atoms with Crippen LogP contribution in [0.3, 0.4) is 0 Å². The Bertz CT molecular complexity index is 967. The number of rotatable bonds is 1. The molecule has 1 N–H and O–H groups in total. The van der Waals surface area contributed by atoms with Crippen LogP contribution in [0.4, 0.5) is 5.69 Å². The zero-order valence-corrected chi connectivity index (χ0v) is 17.5. The van der Waals surface area contributed by atoms with E-state index < -0.39 is 5.60 Å². The van der Waals surface area contributed by atoms with Gasteiger partial charge in [-0.1, -0.05) is 73.8 Å². The largest absolute Gasteiger partial charge is 0.378 e. The van der Waals surface area contributed by atoms with Crippen molar-refractivity contribution in [3.63, 3.8) is 0 Å². The summed E-state index contributed by atoms with van der Waals surface area (Å²) in [5.74, 6) is 6.33. The Morgan fingerprint density at radius 3 is 1.79 bits per heavy atom. The lowest BCUT2D eigenvalue weighted by Crippen LogP contribution is -2.29. The first-order valence-electron chi connectivity index (χ1n) is 9.48. The Hall–Kier alpha value is -2.67. The average Bonchev–Trinajstić information content (AvgIpc) is 2.74. The molecule has 0 aliphatic carbocycles. The van der Waals surface area contributed by atoms with Crippen LogP contribution in [0.2, 0.25) is 0 Å². The van der Waals surface area contributed by atoms with Crippen molar-refractivity contribution in [3.8, 4) is 11.8 Å². The van der Waals surface area contributed by atoms with Crippen molar-refractivity contribution in [2.75, 3.05) is 19.0 Å². The van der Waals surface area contributed by atoms with Gasteiger partial charge in [-0.2, -0.15) is 0 Å². The van der Waals surface area contributed by atoms with E-state index in [4.69, 9.17) is 0 Å². The summed E-state index contributed by atoms with van der Waals surface area (Å²) < 4.78 is 0. The SMILES string of the molecule is CC.CN(C)c1ccc(C#CC2(O)c3ccccc3Sc3ccccc32)cc1. The number of benzene rings is 3. The third kappa shape index (κ3) is 3.80. The maximum absolute atomic E-state index is 11.6. The summed E-state index contributed by atoms with van der Waals surface area (Å²) in [4.78, 5) is 4.15. The van der Waals surface area contributed by atoms with Crippen LogP contribution >= 0.6 is 11.8 Å². The summed E-state index contributed by atoms with van der Waals surface area (Å²) in [6.45, 7) is 4.00. The van der Waals surface area contributed by atoms with Gasteiger partial charge in [0.05, 0.1) is 0 Å². The molecule has 0 atom stereocenters. The second-order valence-corrected chi connectivity index (χ2v) is 7.58. The quantitative estimate of drug-likeness (QED) is 0.555. The van der Waals surface area contributed by atoms with E-state index in [1.807, 2.05) is 101 Å². The smallest absolute Gasteiger partial charge is 0.179 e. The summed E-state index contributed by atoms with van der Waals surface area (Å²) in [6, 6.07) is 23.9. The first kappa shape index (κ1) is 20.1. The second-order valence-electron chi connectivity index (χ2n) is 6.50. The van der Waals surface area contributed by atoms with Gasteiger partial charge in [-0.3, -0.25) is 0 Å². The fraction of sp³-hybridized carbons (Fsp3) is 0.200. The molecule has 0 radical (unpaired) electrons. The summed E-state index contributed by atoms with van der Waals surface area (Å²) >= 11 is 1.68. The zero-order chi connectivity index (χ0) is 20.1. The predicted molar refractivity (Wildman–Crippen MR) is 119 cm³/mol. The summed E-state index contributed by atoms with van der Waals surface area (Å²) in [6.07, 6.45) is 0. The minimum absolute atomic E-state index is 0.848. The van der Waals surface area contributed by atoms with E-state index in [0.717, 1.165) is 32.2 Å². The van der Waals surface area contributed by atoms with Gasteiger partial charge in [-0.15, -0.1) is 0 Å². The van der Waals surface area contributed by atoms with Crippen LogP contribution in [0.1, 0.15) is 30.5 Å². The highest BCUT2D eigenvalue weighted by molar-refractivity contribution is 7.99. The highest BCUT2D eigenvalue weighted by atomic mass is 32.2. The number of aliphatic hydroxyl groups is 1. The van der Waals surface area contributed by atoms with Gasteiger partial charge >= 0.3 is 0 Å². The lowest BCUT2D eigenvalue weighted by Gasteiger charge is -2.31. The Morgan fingerprint density at radius 2 is 1.29 bits per heavy atom. The van der Waals surface area contributed by atoms with Gasteiger partial charge in [0.25, 0.3) is 0 Å². The lowest BCUT2D eigenvalue weighted by atomic mass is 9.86. The summed E-state index contributed by atoms with van der Waals surface area (Å²) in [5, 5.41) is 11.6. The molecule has 0 unspecified atom stereocenters. The third-order valence-corrected chi connectivity index (χ3v) is 5.70. The van der Waals surface area contributed by atoms with Crippen molar-refractivity contribution in [2.24, 2.45) is 0 Å². The maximum Gasteiger partial charge on any atom is 0.179 e. The van der Waals surface area contributed by atoms with E-state index in [2.05, 4.69) is 16.7 Å². The summed E-state index contributed by atoms with van der Waals surface area (Å²) in [7, 11) is 4.02. The van der Waals surface area contributed by atoms with E-state index in [0.29, 0.717) is 0 Å². The molecule has 2 nitrogen and oxygen atoms in total. The Kier molecular flexibility index (Phi) is 6.14. The molecule has 0 saturated carbocycles. The van der Waals surface area contributed by atoms with E-state index >= 15 is 0 Å². The van der Waals surface area contributed by atoms with Crippen LogP contribution in [0.15, 0.2) is 82.6 Å². The van der Waals surface area contributed by atoms with Crippen LogP contribution in [-0.4, -0.2) is 19.2 Å². The van der Waals surface area contributed by atoms with Crippen LogP contribution < -0.4 is 4.90 Å². The molecule has 0 spiro atoms. The van der Waals surface area contributed by atoms with E-state index in [1.165, 1.54) is 0 Å². The molecule has 142 valence electrons. The zero-order valence-electron chi connectivity index (χ0n) is 16.7. The fourth-order valence-electron chi connectivity index (χ4n) is 3.11. The van der Waals surface area contributed by atoms with Gasteiger partial charge in [0, 0.05) is 46.3 Å². The lowest BCUT2D eigenvalue weighted by molar-refractivity contribution is 0.138. The van der Waals surface area contributed by atoms with Gasteiger partial charge in [0.2, 0.25) is 0 Å². The molecule has 3 aromatic rings. The Balaban J connectivity index is 0.00000109. The van der Waals surface area contributed by atoms with Crippen LogP contribution in [-0.2, 0) is 5.60 Å². The van der Waals surface area contributed by atoms with Crippen LogP contribution in [0, 0.1) is 11.8 Å². The van der Waals surface area contributed by atoms with Crippen molar-refractivity contribution in [2.45, 2.75) is 29.2 Å². The molecule has 0 fully saturated rings. The second kappa shape index (κ2) is 8.56. The van der Waals surface area contributed by atoms with Gasteiger partial charge in [0.15, 0.2) is 5.60 Å². The predicted octanol–water partition coefficient (Wildman–Crippen LogP) is 5.53. The number of hydrogen-bond acceptors (Lipinski definition) is 3. The van der Waals surface area contributed by atoms with Crippen molar-refractivity contribution >= 4 is 17.4 Å². The Labute approximate surface area is 172 Å². The number of hydrogen-bond donors (Lipinski definition) is 1.